The summed E-state index contributed by atoms with van der Waals surface area (Å²) < 4.78 is 1.92. The normalized spacial score (nSPS) is 13.2. The van der Waals surface area contributed by atoms with Crippen molar-refractivity contribution in [2.45, 2.75) is 65.7 Å². The highest BCUT2D eigenvalue weighted by molar-refractivity contribution is 5.75. The summed E-state index contributed by atoms with van der Waals surface area (Å²) in [5.74, 6) is 0.656. The SMILES string of the molecule is CCCC(CCCC(C)(C)C)c1ccc(-n2nnc3ccccc32)cc1. The molecule has 0 spiro atoms. The van der Waals surface area contributed by atoms with E-state index in [1.165, 1.54) is 37.7 Å². The zero-order valence-corrected chi connectivity index (χ0v) is 16.6. The van der Waals surface area contributed by atoms with Crippen molar-refractivity contribution in [3.05, 3.63) is 54.1 Å². The van der Waals surface area contributed by atoms with Gasteiger partial charge in [0.25, 0.3) is 0 Å². The van der Waals surface area contributed by atoms with E-state index in [1.54, 1.807) is 0 Å². The highest BCUT2D eigenvalue weighted by Crippen LogP contribution is 2.31. The van der Waals surface area contributed by atoms with Crippen LogP contribution in [-0.2, 0) is 0 Å². The molecule has 0 aliphatic rings. The first-order chi connectivity index (χ1) is 12.5. The highest BCUT2D eigenvalue weighted by atomic mass is 15.4. The van der Waals surface area contributed by atoms with Crippen molar-refractivity contribution >= 4 is 11.0 Å². The summed E-state index contributed by atoms with van der Waals surface area (Å²) in [5, 5.41) is 8.58. The number of nitrogens with zero attached hydrogens (tertiary/aromatic N) is 3. The summed E-state index contributed by atoms with van der Waals surface area (Å²) in [5.41, 5.74) is 4.94. The topological polar surface area (TPSA) is 30.7 Å². The monoisotopic (exact) mass is 349 g/mol. The molecule has 0 amide bonds. The fourth-order valence-corrected chi connectivity index (χ4v) is 3.65. The lowest BCUT2D eigenvalue weighted by atomic mass is 9.84. The van der Waals surface area contributed by atoms with Gasteiger partial charge < -0.3 is 0 Å². The zero-order chi connectivity index (χ0) is 18.6. The Morgan fingerprint density at radius 2 is 1.69 bits per heavy atom. The Morgan fingerprint density at radius 1 is 0.962 bits per heavy atom. The Kier molecular flexibility index (Phi) is 5.75. The standard InChI is InChI=1S/C23H31N3/c1-5-9-18(10-8-17-23(2,3)4)19-13-15-20(16-14-19)26-22-12-7-6-11-21(22)24-25-26/h6-7,11-16,18H,5,8-10,17H2,1-4H3. The van der Waals surface area contributed by atoms with E-state index in [4.69, 9.17) is 0 Å². The third kappa shape index (κ3) is 4.51. The van der Waals surface area contributed by atoms with Crippen LogP contribution in [-0.4, -0.2) is 15.0 Å². The first-order valence-electron chi connectivity index (χ1n) is 9.89. The number of hydrogen-bond acceptors (Lipinski definition) is 2. The Hall–Kier alpha value is -2.16. The Balaban J connectivity index is 1.76. The van der Waals surface area contributed by atoms with Crippen LogP contribution in [0.25, 0.3) is 16.7 Å². The summed E-state index contributed by atoms with van der Waals surface area (Å²) in [6.45, 7) is 9.28. The number of rotatable bonds is 7. The molecule has 1 atom stereocenters. The smallest absolute Gasteiger partial charge is 0.113 e. The maximum atomic E-state index is 4.32. The van der Waals surface area contributed by atoms with Gasteiger partial charge in [-0.05, 0) is 60.4 Å². The second-order valence-corrected chi connectivity index (χ2v) is 8.52. The van der Waals surface area contributed by atoms with Crippen LogP contribution >= 0.6 is 0 Å². The van der Waals surface area contributed by atoms with Crippen LogP contribution in [0.2, 0.25) is 0 Å². The van der Waals surface area contributed by atoms with Crippen molar-refractivity contribution in [3.63, 3.8) is 0 Å². The first kappa shape index (κ1) is 18.6. The fraction of sp³-hybridized carbons (Fsp3) is 0.478. The molecular formula is C23H31N3. The van der Waals surface area contributed by atoms with Crippen LogP contribution in [0.15, 0.2) is 48.5 Å². The van der Waals surface area contributed by atoms with E-state index >= 15 is 0 Å². The van der Waals surface area contributed by atoms with Crippen LogP contribution in [0.5, 0.6) is 0 Å². The van der Waals surface area contributed by atoms with Crippen LogP contribution in [0, 0.1) is 5.41 Å². The molecule has 0 saturated heterocycles. The predicted molar refractivity (Wildman–Crippen MR) is 110 cm³/mol. The minimum Gasteiger partial charge on any atom is -0.213 e. The first-order valence-corrected chi connectivity index (χ1v) is 9.89. The summed E-state index contributed by atoms with van der Waals surface area (Å²) in [7, 11) is 0. The van der Waals surface area contributed by atoms with Gasteiger partial charge in [-0.1, -0.05) is 70.0 Å². The maximum absolute atomic E-state index is 4.32. The van der Waals surface area contributed by atoms with Gasteiger partial charge in [0.2, 0.25) is 0 Å². The number of hydrogen-bond donors (Lipinski definition) is 0. The van der Waals surface area contributed by atoms with Crippen molar-refractivity contribution in [1.82, 2.24) is 15.0 Å². The van der Waals surface area contributed by atoms with E-state index in [-0.39, 0.29) is 0 Å². The van der Waals surface area contributed by atoms with Crippen LogP contribution in [0.3, 0.4) is 0 Å². The minimum absolute atomic E-state index is 0.425. The predicted octanol–water partition coefficient (Wildman–Crippen LogP) is 6.52. The van der Waals surface area contributed by atoms with Crippen molar-refractivity contribution in [2.24, 2.45) is 5.41 Å². The minimum atomic E-state index is 0.425. The van der Waals surface area contributed by atoms with Crippen LogP contribution < -0.4 is 0 Å². The molecule has 0 aliphatic carbocycles. The molecule has 1 heterocycles. The van der Waals surface area contributed by atoms with Crippen LogP contribution in [0.1, 0.15) is 71.3 Å². The summed E-state index contributed by atoms with van der Waals surface area (Å²) in [6, 6.07) is 17.0. The van der Waals surface area contributed by atoms with Crippen LogP contribution in [0.4, 0.5) is 0 Å². The third-order valence-electron chi connectivity index (χ3n) is 5.08. The van der Waals surface area contributed by atoms with Crippen molar-refractivity contribution < 1.29 is 0 Å². The molecule has 1 aromatic heterocycles. The Morgan fingerprint density at radius 3 is 2.38 bits per heavy atom. The summed E-state index contributed by atoms with van der Waals surface area (Å²) in [6.07, 6.45) is 6.35. The largest absolute Gasteiger partial charge is 0.213 e. The number of para-hydroxylation sites is 1. The van der Waals surface area contributed by atoms with Gasteiger partial charge in [0.15, 0.2) is 0 Å². The molecule has 26 heavy (non-hydrogen) atoms. The summed E-state index contributed by atoms with van der Waals surface area (Å²) >= 11 is 0. The van der Waals surface area contributed by atoms with Gasteiger partial charge in [0.05, 0.1) is 11.2 Å². The van der Waals surface area contributed by atoms with E-state index in [2.05, 4.69) is 68.3 Å². The fourth-order valence-electron chi connectivity index (χ4n) is 3.65. The average molecular weight is 350 g/mol. The molecule has 138 valence electrons. The third-order valence-corrected chi connectivity index (χ3v) is 5.08. The average Bonchev–Trinajstić information content (AvgIpc) is 3.04. The van der Waals surface area contributed by atoms with Gasteiger partial charge >= 0.3 is 0 Å². The molecule has 0 bridgehead atoms. The van der Waals surface area contributed by atoms with Crippen molar-refractivity contribution in [2.75, 3.05) is 0 Å². The second kappa shape index (κ2) is 8.03. The molecule has 3 rings (SSSR count). The lowest BCUT2D eigenvalue weighted by molar-refractivity contribution is 0.350. The maximum Gasteiger partial charge on any atom is 0.113 e. The van der Waals surface area contributed by atoms with Gasteiger partial charge in [0.1, 0.15) is 5.52 Å². The molecule has 1 unspecified atom stereocenters. The van der Waals surface area contributed by atoms with E-state index < -0.39 is 0 Å². The molecule has 2 aromatic carbocycles. The molecular weight excluding hydrogens is 318 g/mol. The second-order valence-electron chi connectivity index (χ2n) is 8.52. The summed E-state index contributed by atoms with van der Waals surface area (Å²) in [4.78, 5) is 0. The Bertz CT molecular complexity index is 825. The molecule has 0 radical (unpaired) electrons. The number of fused-ring (bicyclic) bond motifs is 1. The van der Waals surface area contributed by atoms with Crippen molar-refractivity contribution in [3.8, 4) is 5.69 Å². The highest BCUT2D eigenvalue weighted by Gasteiger charge is 2.15. The van der Waals surface area contributed by atoms with Gasteiger partial charge in [-0.25, -0.2) is 4.68 Å². The van der Waals surface area contributed by atoms with E-state index in [1.807, 2.05) is 22.9 Å². The van der Waals surface area contributed by atoms with E-state index in [9.17, 15) is 0 Å². The molecule has 0 aliphatic heterocycles. The number of aromatic nitrogens is 3. The quantitative estimate of drug-likeness (QED) is 0.486. The molecule has 3 aromatic rings. The molecule has 3 heteroatoms. The van der Waals surface area contributed by atoms with Crippen molar-refractivity contribution in [1.29, 1.82) is 0 Å². The molecule has 0 fully saturated rings. The zero-order valence-electron chi connectivity index (χ0n) is 16.6. The van der Waals surface area contributed by atoms with Gasteiger partial charge in [-0.2, -0.15) is 0 Å². The Labute approximate surface area is 157 Å². The van der Waals surface area contributed by atoms with Gasteiger partial charge in [-0.15, -0.1) is 5.10 Å². The lowest BCUT2D eigenvalue weighted by Gasteiger charge is -2.21. The molecule has 0 saturated carbocycles. The van der Waals surface area contributed by atoms with E-state index in [0.717, 1.165) is 16.7 Å². The van der Waals surface area contributed by atoms with Gasteiger partial charge in [-0.3, -0.25) is 0 Å². The number of benzene rings is 2. The molecule has 3 nitrogen and oxygen atoms in total. The molecule has 0 N–H and O–H groups in total. The lowest BCUT2D eigenvalue weighted by Crippen LogP contribution is -2.06. The van der Waals surface area contributed by atoms with Gasteiger partial charge in [0, 0.05) is 0 Å². The van der Waals surface area contributed by atoms with E-state index in [0.29, 0.717) is 11.3 Å².